The van der Waals surface area contributed by atoms with Crippen molar-refractivity contribution >= 4 is 31.6 Å². The molecule has 14 heavy (non-hydrogen) atoms. The highest BCUT2D eigenvalue weighted by atomic mass is 79.9. The topological polar surface area (TPSA) is 46.2 Å². The Labute approximate surface area is 92.7 Å². The van der Waals surface area contributed by atoms with Crippen LogP contribution >= 0.6 is 15.9 Å². The van der Waals surface area contributed by atoms with Gasteiger partial charge in [0, 0.05) is 4.83 Å². The molecule has 0 heterocycles. The van der Waals surface area contributed by atoms with Gasteiger partial charge < -0.3 is 0 Å². The number of para-hydroxylation sites is 1. The van der Waals surface area contributed by atoms with Gasteiger partial charge in [0.15, 0.2) is 0 Å². The van der Waals surface area contributed by atoms with E-state index in [2.05, 4.69) is 20.7 Å². The van der Waals surface area contributed by atoms with Gasteiger partial charge in [-0.15, -0.1) is 0 Å². The van der Waals surface area contributed by atoms with Gasteiger partial charge in [0.25, 0.3) is 0 Å². The van der Waals surface area contributed by atoms with Gasteiger partial charge >= 0.3 is 0 Å². The van der Waals surface area contributed by atoms with Crippen LogP contribution in [-0.4, -0.2) is 14.7 Å². The molecule has 0 fully saturated rings. The van der Waals surface area contributed by atoms with E-state index in [0.29, 0.717) is 5.69 Å². The molecule has 0 saturated carbocycles. The Bertz CT molecular complexity index is 415. The second kappa shape index (κ2) is 4.31. The first-order valence-electron chi connectivity index (χ1n) is 4.11. The van der Waals surface area contributed by atoms with Crippen LogP contribution in [0.1, 0.15) is 17.3 Å². The lowest BCUT2D eigenvalue weighted by atomic mass is 10.1. The highest BCUT2D eigenvalue weighted by Gasteiger charge is 2.09. The van der Waals surface area contributed by atoms with Crippen LogP contribution in [0.15, 0.2) is 24.3 Å². The standard InChI is InChI=1S/C9H12BrNO2S/c1-7(10)8-5-3-4-6-9(8)11-14(2,12)13/h3-7,11H,1-2H3. The number of benzene rings is 1. The minimum atomic E-state index is -3.20. The largest absolute Gasteiger partial charge is 0.283 e. The number of nitrogens with one attached hydrogen (secondary N) is 1. The summed E-state index contributed by atoms with van der Waals surface area (Å²) in [7, 11) is -3.20. The van der Waals surface area contributed by atoms with E-state index in [0.717, 1.165) is 11.8 Å². The van der Waals surface area contributed by atoms with Crippen molar-refractivity contribution in [1.82, 2.24) is 0 Å². The molecule has 0 radical (unpaired) electrons. The van der Waals surface area contributed by atoms with Crippen LogP contribution in [-0.2, 0) is 10.0 Å². The molecular formula is C9H12BrNO2S. The number of hydrogen-bond acceptors (Lipinski definition) is 2. The van der Waals surface area contributed by atoms with Crippen molar-refractivity contribution in [3.8, 4) is 0 Å². The molecule has 1 aromatic carbocycles. The first-order chi connectivity index (χ1) is 6.40. The molecular weight excluding hydrogens is 266 g/mol. The van der Waals surface area contributed by atoms with E-state index < -0.39 is 10.0 Å². The third kappa shape index (κ3) is 3.31. The maximum atomic E-state index is 11.0. The number of anilines is 1. The molecule has 78 valence electrons. The minimum Gasteiger partial charge on any atom is -0.283 e. The van der Waals surface area contributed by atoms with E-state index >= 15 is 0 Å². The monoisotopic (exact) mass is 277 g/mol. The summed E-state index contributed by atoms with van der Waals surface area (Å²) in [5.41, 5.74) is 1.55. The third-order valence-corrected chi connectivity index (χ3v) is 2.77. The van der Waals surface area contributed by atoms with Crippen LogP contribution in [0.4, 0.5) is 5.69 Å². The van der Waals surface area contributed by atoms with Crippen molar-refractivity contribution in [2.75, 3.05) is 11.0 Å². The summed E-state index contributed by atoms with van der Waals surface area (Å²) in [6, 6.07) is 7.30. The number of rotatable bonds is 3. The fourth-order valence-corrected chi connectivity index (χ4v) is 2.12. The lowest BCUT2D eigenvalue weighted by Gasteiger charge is -2.11. The molecule has 0 aliphatic rings. The first-order valence-corrected chi connectivity index (χ1v) is 6.91. The summed E-state index contributed by atoms with van der Waals surface area (Å²) < 4.78 is 24.6. The number of hydrogen-bond donors (Lipinski definition) is 1. The van der Waals surface area contributed by atoms with Gasteiger partial charge in [-0.1, -0.05) is 34.1 Å². The molecule has 1 unspecified atom stereocenters. The summed E-state index contributed by atoms with van der Waals surface area (Å²) in [6.45, 7) is 1.95. The van der Waals surface area contributed by atoms with Crippen LogP contribution in [0.2, 0.25) is 0 Å². The van der Waals surface area contributed by atoms with Crippen molar-refractivity contribution < 1.29 is 8.42 Å². The molecule has 0 saturated heterocycles. The van der Waals surface area contributed by atoms with Gasteiger partial charge in [-0.2, -0.15) is 0 Å². The second-order valence-corrected chi connectivity index (χ2v) is 6.20. The lowest BCUT2D eigenvalue weighted by Crippen LogP contribution is -2.11. The molecule has 0 aliphatic carbocycles. The summed E-state index contributed by atoms with van der Waals surface area (Å²) >= 11 is 3.41. The van der Waals surface area contributed by atoms with Crippen molar-refractivity contribution in [3.63, 3.8) is 0 Å². The molecule has 0 aromatic heterocycles. The predicted octanol–water partition coefficient (Wildman–Crippen LogP) is 2.51. The normalized spacial score (nSPS) is 13.6. The van der Waals surface area contributed by atoms with Crippen LogP contribution in [0.3, 0.4) is 0 Å². The zero-order chi connectivity index (χ0) is 10.8. The quantitative estimate of drug-likeness (QED) is 0.863. The number of alkyl halides is 1. The third-order valence-electron chi connectivity index (χ3n) is 1.68. The van der Waals surface area contributed by atoms with Crippen LogP contribution < -0.4 is 4.72 Å². The maximum absolute atomic E-state index is 11.0. The van der Waals surface area contributed by atoms with Crippen molar-refractivity contribution in [2.24, 2.45) is 0 Å². The molecule has 1 rings (SSSR count). The van der Waals surface area contributed by atoms with Gasteiger partial charge in [-0.3, -0.25) is 4.72 Å². The number of halogens is 1. The SMILES string of the molecule is CC(Br)c1ccccc1NS(C)(=O)=O. The Kier molecular flexibility index (Phi) is 3.55. The fourth-order valence-electron chi connectivity index (χ4n) is 1.14. The van der Waals surface area contributed by atoms with Gasteiger partial charge in [0.1, 0.15) is 0 Å². The Morgan fingerprint density at radius 3 is 2.43 bits per heavy atom. The average molecular weight is 278 g/mol. The Morgan fingerprint density at radius 1 is 1.36 bits per heavy atom. The van der Waals surface area contributed by atoms with Crippen molar-refractivity contribution in [1.29, 1.82) is 0 Å². The van der Waals surface area contributed by atoms with Crippen LogP contribution in [0.25, 0.3) is 0 Å². The van der Waals surface area contributed by atoms with E-state index in [1.54, 1.807) is 12.1 Å². The van der Waals surface area contributed by atoms with E-state index in [-0.39, 0.29) is 4.83 Å². The highest BCUT2D eigenvalue weighted by Crippen LogP contribution is 2.28. The predicted molar refractivity (Wildman–Crippen MR) is 62.3 cm³/mol. The Hall–Kier alpha value is -0.550. The van der Waals surface area contributed by atoms with Gasteiger partial charge in [-0.25, -0.2) is 8.42 Å². The highest BCUT2D eigenvalue weighted by molar-refractivity contribution is 9.09. The van der Waals surface area contributed by atoms with Crippen LogP contribution in [0.5, 0.6) is 0 Å². The molecule has 5 heteroatoms. The molecule has 0 spiro atoms. The molecule has 1 N–H and O–H groups in total. The van der Waals surface area contributed by atoms with Crippen LogP contribution in [0, 0.1) is 0 Å². The summed E-state index contributed by atoms with van der Waals surface area (Å²) in [5.74, 6) is 0. The van der Waals surface area contributed by atoms with Crippen molar-refractivity contribution in [3.05, 3.63) is 29.8 Å². The Balaban J connectivity index is 3.08. The summed E-state index contributed by atoms with van der Waals surface area (Å²) in [6.07, 6.45) is 1.14. The van der Waals surface area contributed by atoms with E-state index in [1.165, 1.54) is 0 Å². The van der Waals surface area contributed by atoms with Crippen molar-refractivity contribution in [2.45, 2.75) is 11.8 Å². The second-order valence-electron chi connectivity index (χ2n) is 3.08. The van der Waals surface area contributed by atoms with Gasteiger partial charge in [0.2, 0.25) is 10.0 Å². The zero-order valence-electron chi connectivity index (χ0n) is 7.99. The number of sulfonamides is 1. The summed E-state index contributed by atoms with van der Waals surface area (Å²) in [5, 5.41) is 0. The summed E-state index contributed by atoms with van der Waals surface area (Å²) in [4.78, 5) is 0.118. The van der Waals surface area contributed by atoms with E-state index in [4.69, 9.17) is 0 Å². The van der Waals surface area contributed by atoms with E-state index in [1.807, 2.05) is 19.1 Å². The fraction of sp³-hybridized carbons (Fsp3) is 0.333. The average Bonchev–Trinajstić information content (AvgIpc) is 2.01. The molecule has 0 amide bonds. The molecule has 1 atom stereocenters. The lowest BCUT2D eigenvalue weighted by molar-refractivity contribution is 0.606. The zero-order valence-corrected chi connectivity index (χ0v) is 10.4. The minimum absolute atomic E-state index is 0.118. The molecule has 0 aliphatic heterocycles. The van der Waals surface area contributed by atoms with Gasteiger partial charge in [0.05, 0.1) is 11.9 Å². The van der Waals surface area contributed by atoms with Gasteiger partial charge in [-0.05, 0) is 18.6 Å². The molecule has 1 aromatic rings. The Morgan fingerprint density at radius 2 is 1.93 bits per heavy atom. The smallest absolute Gasteiger partial charge is 0.229 e. The molecule has 0 bridgehead atoms. The van der Waals surface area contributed by atoms with E-state index in [9.17, 15) is 8.42 Å². The first kappa shape index (κ1) is 11.5. The maximum Gasteiger partial charge on any atom is 0.229 e. The molecule has 3 nitrogen and oxygen atoms in total.